The van der Waals surface area contributed by atoms with Gasteiger partial charge in [-0.25, -0.2) is 0 Å². The van der Waals surface area contributed by atoms with Crippen molar-refractivity contribution in [3.8, 4) is 0 Å². The van der Waals surface area contributed by atoms with Crippen LogP contribution in [0.15, 0.2) is 28.7 Å². The van der Waals surface area contributed by atoms with E-state index in [-0.39, 0.29) is 28.0 Å². The van der Waals surface area contributed by atoms with Crippen molar-refractivity contribution >= 4 is 39.5 Å². The Balaban J connectivity index is 1.49. The molecule has 2 amide bonds. The topological polar surface area (TPSA) is 130 Å². The number of aromatic amines is 1. The lowest BCUT2D eigenvalue weighted by Crippen LogP contribution is -2.68. The highest BCUT2D eigenvalue weighted by Gasteiger charge is 2.63. The van der Waals surface area contributed by atoms with Gasteiger partial charge in [-0.05, 0) is 31.5 Å². The fraction of sp³-hybridized carbons (Fsp3) is 0.438. The van der Waals surface area contributed by atoms with Gasteiger partial charge in [0.2, 0.25) is 11.8 Å². The van der Waals surface area contributed by atoms with Crippen molar-refractivity contribution in [2.45, 2.75) is 42.1 Å². The molecular weight excluding hydrogens is 434 g/mol. The summed E-state index contributed by atoms with van der Waals surface area (Å²) in [5.74, 6) is -0.0749. The van der Waals surface area contributed by atoms with E-state index in [1.807, 2.05) is 26.0 Å². The Labute approximate surface area is 167 Å². The molecule has 2 fully saturated rings. The molecule has 1 aromatic carbocycles. The van der Waals surface area contributed by atoms with Gasteiger partial charge in [-0.15, -0.1) is 22.0 Å². The zero-order chi connectivity index (χ0) is 19.3. The average Bonchev–Trinajstić information content (AvgIpc) is 3.23. The predicted octanol–water partition coefficient (Wildman–Crippen LogP) is 0.882. The van der Waals surface area contributed by atoms with Crippen molar-refractivity contribution in [3.05, 3.63) is 40.1 Å². The van der Waals surface area contributed by atoms with Crippen LogP contribution in [0.5, 0.6) is 0 Å². The number of carbonyl (C=O) groups is 2. The highest BCUT2D eigenvalue weighted by atomic mass is 79.9. The maximum absolute atomic E-state index is 12.7. The maximum atomic E-state index is 12.7. The van der Waals surface area contributed by atoms with Gasteiger partial charge in [0.1, 0.15) is 23.5 Å². The molecule has 27 heavy (non-hydrogen) atoms. The summed E-state index contributed by atoms with van der Waals surface area (Å²) in [7, 11) is 0. The Morgan fingerprint density at radius 3 is 2.93 bits per heavy atom. The summed E-state index contributed by atoms with van der Waals surface area (Å²) in [4.78, 5) is 27.1. The van der Waals surface area contributed by atoms with E-state index in [4.69, 9.17) is 5.73 Å². The number of hydrogen-bond acceptors (Lipinski definition) is 7. The number of rotatable bonds is 4. The molecule has 2 aromatic rings. The molecule has 11 heteroatoms. The summed E-state index contributed by atoms with van der Waals surface area (Å²) in [5.41, 5.74) is 6.75. The van der Waals surface area contributed by atoms with Crippen molar-refractivity contribution in [2.75, 3.05) is 0 Å². The van der Waals surface area contributed by atoms with E-state index < -0.39 is 12.1 Å². The van der Waals surface area contributed by atoms with Crippen molar-refractivity contribution in [1.29, 1.82) is 0 Å². The van der Waals surface area contributed by atoms with Crippen LogP contribution in [0.1, 0.15) is 37.3 Å². The van der Waals surface area contributed by atoms with E-state index in [0.29, 0.717) is 11.4 Å². The highest BCUT2D eigenvalue weighted by Crippen LogP contribution is 2.56. The monoisotopic (exact) mass is 451 g/mol. The molecule has 2 aliphatic rings. The fourth-order valence-electron chi connectivity index (χ4n) is 3.54. The van der Waals surface area contributed by atoms with Gasteiger partial charge in [0, 0.05) is 9.22 Å². The SMILES string of the molecule is CC1(C)S[C@@H]2C(NC(=O)[C@@H](N)c3cccc(Br)c3)C(=O)N2C1c1nn[nH]n1. The molecule has 0 radical (unpaired) electrons. The van der Waals surface area contributed by atoms with Gasteiger partial charge in [0.15, 0.2) is 5.82 Å². The van der Waals surface area contributed by atoms with Gasteiger partial charge >= 0.3 is 0 Å². The minimum absolute atomic E-state index is 0.164. The first-order valence-electron chi connectivity index (χ1n) is 8.34. The van der Waals surface area contributed by atoms with Crippen LogP contribution in [0.3, 0.4) is 0 Å². The number of carbonyl (C=O) groups excluding carboxylic acids is 2. The number of nitrogens with two attached hydrogens (primary N) is 1. The van der Waals surface area contributed by atoms with E-state index in [9.17, 15) is 9.59 Å². The van der Waals surface area contributed by atoms with E-state index >= 15 is 0 Å². The second-order valence-electron chi connectivity index (χ2n) is 7.05. The number of fused-ring (bicyclic) bond motifs is 1. The summed E-state index contributed by atoms with van der Waals surface area (Å²) < 4.78 is 0.529. The van der Waals surface area contributed by atoms with E-state index in [1.54, 1.807) is 28.8 Å². The number of tetrazole rings is 1. The molecule has 9 nitrogen and oxygen atoms in total. The summed E-state index contributed by atoms with van der Waals surface area (Å²) >= 11 is 4.98. The van der Waals surface area contributed by atoms with Gasteiger partial charge in [0.25, 0.3) is 0 Å². The molecule has 2 aliphatic heterocycles. The van der Waals surface area contributed by atoms with Crippen molar-refractivity contribution in [3.63, 3.8) is 0 Å². The first kappa shape index (κ1) is 18.4. The van der Waals surface area contributed by atoms with Crippen molar-refractivity contribution in [1.82, 2.24) is 30.8 Å². The quantitative estimate of drug-likeness (QED) is 0.588. The van der Waals surface area contributed by atoms with Crippen molar-refractivity contribution in [2.24, 2.45) is 5.73 Å². The smallest absolute Gasteiger partial charge is 0.249 e. The molecule has 0 saturated carbocycles. The van der Waals surface area contributed by atoms with Crippen LogP contribution in [0.25, 0.3) is 0 Å². The summed E-state index contributed by atoms with van der Waals surface area (Å²) in [5, 5.41) is 16.7. The van der Waals surface area contributed by atoms with E-state index in [2.05, 4.69) is 41.9 Å². The van der Waals surface area contributed by atoms with Crippen LogP contribution in [-0.2, 0) is 9.59 Å². The van der Waals surface area contributed by atoms with Crippen LogP contribution >= 0.6 is 27.7 Å². The average molecular weight is 452 g/mol. The largest absolute Gasteiger partial charge is 0.340 e. The number of β-lactam (4-membered cyclic amide) rings is 1. The Kier molecular flexibility index (Phi) is 4.47. The van der Waals surface area contributed by atoms with Crippen LogP contribution in [0.4, 0.5) is 0 Å². The lowest BCUT2D eigenvalue weighted by atomic mass is 9.95. The minimum Gasteiger partial charge on any atom is -0.340 e. The second kappa shape index (κ2) is 6.57. The van der Waals surface area contributed by atoms with Crippen LogP contribution in [0, 0.1) is 0 Å². The third-order valence-electron chi connectivity index (χ3n) is 4.84. The standard InChI is InChI=1S/C16H18BrN7O2S/c1-16(2)11(12-20-22-23-21-12)24-14(26)10(15(24)27-16)19-13(25)9(18)7-4-3-5-8(17)6-7/h3-6,9-11,15H,18H2,1-2H3,(H,19,25)(H,20,21,22,23)/t9-,10?,11?,15+/m0/s1. The van der Waals surface area contributed by atoms with Crippen LogP contribution in [0.2, 0.25) is 0 Å². The predicted molar refractivity (Wildman–Crippen MR) is 102 cm³/mol. The molecule has 1 aromatic heterocycles. The highest BCUT2D eigenvalue weighted by molar-refractivity contribution is 9.10. The number of amides is 2. The molecular formula is C16H18BrN7O2S. The van der Waals surface area contributed by atoms with E-state index in [1.165, 1.54) is 0 Å². The molecule has 2 unspecified atom stereocenters. The third kappa shape index (κ3) is 3.03. The van der Waals surface area contributed by atoms with Gasteiger partial charge in [-0.3, -0.25) is 9.59 Å². The number of H-pyrrole nitrogens is 1. The third-order valence-corrected chi connectivity index (χ3v) is 6.90. The molecule has 2 saturated heterocycles. The number of halogens is 1. The molecule has 142 valence electrons. The number of aromatic nitrogens is 4. The number of nitrogens with one attached hydrogen (secondary N) is 2. The van der Waals surface area contributed by atoms with Crippen LogP contribution < -0.4 is 11.1 Å². The number of benzene rings is 1. The van der Waals surface area contributed by atoms with Gasteiger partial charge < -0.3 is 16.0 Å². The van der Waals surface area contributed by atoms with Gasteiger partial charge in [-0.1, -0.05) is 33.3 Å². The summed E-state index contributed by atoms with van der Waals surface area (Å²) in [6.45, 7) is 4.05. The lowest BCUT2D eigenvalue weighted by Gasteiger charge is -2.44. The normalized spacial score (nSPS) is 27.0. The fourth-order valence-corrected chi connectivity index (χ4v) is 5.59. The Morgan fingerprint density at radius 1 is 1.48 bits per heavy atom. The Bertz CT molecular complexity index is 891. The zero-order valence-corrected chi connectivity index (χ0v) is 17.0. The molecule has 4 rings (SSSR count). The number of thioether (sulfide) groups is 1. The molecule has 4 N–H and O–H groups in total. The van der Waals surface area contributed by atoms with Gasteiger partial charge in [0.05, 0.1) is 0 Å². The minimum atomic E-state index is -0.850. The van der Waals surface area contributed by atoms with Crippen molar-refractivity contribution < 1.29 is 9.59 Å². The lowest BCUT2D eigenvalue weighted by molar-refractivity contribution is -0.152. The second-order valence-corrected chi connectivity index (χ2v) is 9.74. The van der Waals surface area contributed by atoms with E-state index in [0.717, 1.165) is 4.47 Å². The molecule has 0 aliphatic carbocycles. The molecule has 0 bridgehead atoms. The first-order valence-corrected chi connectivity index (χ1v) is 10.0. The summed E-state index contributed by atoms with van der Waals surface area (Å²) in [6.07, 6.45) is 0. The molecule has 3 heterocycles. The number of hydrogen-bond donors (Lipinski definition) is 3. The van der Waals surface area contributed by atoms with Gasteiger partial charge in [-0.2, -0.15) is 5.21 Å². The Hall–Kier alpha value is -1.98. The summed E-state index contributed by atoms with van der Waals surface area (Å²) in [6, 6.07) is 5.48. The Morgan fingerprint density at radius 2 is 2.26 bits per heavy atom. The van der Waals surface area contributed by atoms with Crippen LogP contribution in [-0.4, -0.2) is 53.5 Å². The maximum Gasteiger partial charge on any atom is 0.249 e. The number of nitrogens with zero attached hydrogens (tertiary/aromatic N) is 4. The zero-order valence-electron chi connectivity index (χ0n) is 14.6. The molecule has 4 atom stereocenters. The first-order chi connectivity index (χ1) is 12.8. The molecule has 0 spiro atoms.